The Bertz CT molecular complexity index is 324. The highest BCUT2D eigenvalue weighted by Gasteiger charge is 2.17. The Morgan fingerprint density at radius 1 is 1.35 bits per heavy atom. The van der Waals surface area contributed by atoms with E-state index in [1.807, 2.05) is 10.9 Å². The molecule has 0 aromatic carbocycles. The molecule has 0 radical (unpaired) electrons. The lowest BCUT2D eigenvalue weighted by Gasteiger charge is -2.18. The van der Waals surface area contributed by atoms with Gasteiger partial charge in [-0.25, -0.2) is 0 Å². The molecule has 2 rings (SSSR count). The van der Waals surface area contributed by atoms with Gasteiger partial charge in [0.05, 0.1) is 6.20 Å². The summed E-state index contributed by atoms with van der Waals surface area (Å²) in [5.41, 5.74) is 7.50. The second-order valence-electron chi connectivity index (χ2n) is 5.33. The molecule has 0 bridgehead atoms. The lowest BCUT2D eigenvalue weighted by Crippen LogP contribution is -2.15. The minimum absolute atomic E-state index is 0.179. The van der Waals surface area contributed by atoms with Crippen LogP contribution in [0, 0.1) is 5.92 Å². The third-order valence-corrected chi connectivity index (χ3v) is 3.97. The molecule has 0 amide bonds. The third-order valence-electron chi connectivity index (χ3n) is 3.97. The van der Waals surface area contributed by atoms with Gasteiger partial charge >= 0.3 is 0 Å². The normalized spacial score (nSPS) is 20.1. The quantitative estimate of drug-likeness (QED) is 0.814. The van der Waals surface area contributed by atoms with Crippen LogP contribution >= 0.6 is 0 Å². The van der Waals surface area contributed by atoms with Gasteiger partial charge < -0.3 is 5.73 Å². The topological polar surface area (TPSA) is 43.8 Å². The van der Waals surface area contributed by atoms with Gasteiger partial charge in [-0.2, -0.15) is 5.10 Å². The lowest BCUT2D eigenvalue weighted by atomic mass is 9.91. The highest BCUT2D eigenvalue weighted by atomic mass is 15.3. The smallest absolute Gasteiger partial charge is 0.0537 e. The van der Waals surface area contributed by atoms with Gasteiger partial charge in [0.25, 0.3) is 0 Å². The average Bonchev–Trinajstić information content (AvgIpc) is 2.68. The van der Waals surface area contributed by atoms with E-state index in [1.165, 1.54) is 44.1 Å². The van der Waals surface area contributed by atoms with Gasteiger partial charge in [0, 0.05) is 24.3 Å². The molecule has 1 saturated carbocycles. The molecule has 1 unspecified atom stereocenters. The molecule has 17 heavy (non-hydrogen) atoms. The minimum atomic E-state index is 0.179. The van der Waals surface area contributed by atoms with Crippen LogP contribution in [0.2, 0.25) is 0 Å². The fourth-order valence-corrected chi connectivity index (χ4v) is 2.84. The van der Waals surface area contributed by atoms with Crippen molar-refractivity contribution < 1.29 is 0 Å². The van der Waals surface area contributed by atoms with Crippen LogP contribution in [0.5, 0.6) is 0 Å². The van der Waals surface area contributed by atoms with E-state index in [9.17, 15) is 0 Å². The summed E-state index contributed by atoms with van der Waals surface area (Å²) in [6.07, 6.45) is 13.5. The van der Waals surface area contributed by atoms with E-state index in [4.69, 9.17) is 5.73 Å². The first-order valence-electron chi connectivity index (χ1n) is 7.07. The first-order chi connectivity index (χ1) is 8.29. The highest BCUT2D eigenvalue weighted by molar-refractivity contribution is 5.09. The number of aryl methyl sites for hydroxylation is 1. The Morgan fingerprint density at radius 2 is 2.06 bits per heavy atom. The summed E-state index contributed by atoms with van der Waals surface area (Å²) in [5, 5.41) is 4.30. The van der Waals surface area contributed by atoms with E-state index in [0.29, 0.717) is 0 Å². The molecule has 96 valence electrons. The maximum Gasteiger partial charge on any atom is 0.0537 e. The van der Waals surface area contributed by atoms with E-state index in [2.05, 4.69) is 18.2 Å². The van der Waals surface area contributed by atoms with Crippen molar-refractivity contribution in [3.63, 3.8) is 0 Å². The molecule has 1 heterocycles. The van der Waals surface area contributed by atoms with Gasteiger partial charge in [-0.05, 0) is 19.3 Å². The Hall–Kier alpha value is -0.830. The monoisotopic (exact) mass is 235 g/mol. The second kappa shape index (κ2) is 6.20. The first kappa shape index (κ1) is 12.6. The van der Waals surface area contributed by atoms with Crippen LogP contribution in [0.3, 0.4) is 0 Å². The largest absolute Gasteiger partial charge is 0.324 e. The third kappa shape index (κ3) is 3.56. The number of aromatic nitrogens is 2. The van der Waals surface area contributed by atoms with Crippen molar-refractivity contribution in [2.75, 3.05) is 0 Å². The summed E-state index contributed by atoms with van der Waals surface area (Å²) < 4.78 is 1.96. The summed E-state index contributed by atoms with van der Waals surface area (Å²) in [7, 11) is 0. The van der Waals surface area contributed by atoms with Crippen molar-refractivity contribution in [3.05, 3.63) is 18.0 Å². The zero-order chi connectivity index (χ0) is 12.1. The fourth-order valence-electron chi connectivity index (χ4n) is 2.84. The average molecular weight is 235 g/mol. The van der Waals surface area contributed by atoms with Crippen LogP contribution in [0.1, 0.15) is 63.5 Å². The van der Waals surface area contributed by atoms with Gasteiger partial charge in [-0.1, -0.05) is 38.5 Å². The van der Waals surface area contributed by atoms with Gasteiger partial charge in [-0.15, -0.1) is 0 Å². The van der Waals surface area contributed by atoms with Gasteiger partial charge in [0.1, 0.15) is 0 Å². The molecule has 0 aliphatic heterocycles. The molecule has 3 heteroatoms. The predicted molar refractivity (Wildman–Crippen MR) is 70.6 cm³/mol. The van der Waals surface area contributed by atoms with E-state index in [1.54, 1.807) is 0 Å². The molecule has 1 aliphatic carbocycles. The highest BCUT2D eigenvalue weighted by Crippen LogP contribution is 2.29. The number of hydrogen-bond donors (Lipinski definition) is 1. The molecule has 1 aliphatic rings. The van der Waals surface area contributed by atoms with Crippen molar-refractivity contribution in [3.8, 4) is 0 Å². The van der Waals surface area contributed by atoms with Crippen LogP contribution in [0.25, 0.3) is 0 Å². The zero-order valence-corrected chi connectivity index (χ0v) is 10.9. The molecule has 0 spiro atoms. The lowest BCUT2D eigenvalue weighted by molar-refractivity contribution is 0.392. The number of rotatable bonds is 4. The Morgan fingerprint density at radius 3 is 2.65 bits per heavy atom. The standard InChI is InChI=1S/C14H25N3/c1-2-17-11-13(10-16-17)14(15)9-12-7-5-3-4-6-8-12/h10-12,14H,2-9,15H2,1H3. The van der Waals surface area contributed by atoms with Crippen LogP contribution in [-0.2, 0) is 6.54 Å². The SMILES string of the molecule is CCn1cc(C(N)CC2CCCCCC2)cn1. The van der Waals surface area contributed by atoms with Crippen molar-refractivity contribution in [1.29, 1.82) is 0 Å². The maximum atomic E-state index is 6.29. The van der Waals surface area contributed by atoms with E-state index >= 15 is 0 Å². The van der Waals surface area contributed by atoms with E-state index in [0.717, 1.165) is 18.9 Å². The zero-order valence-electron chi connectivity index (χ0n) is 10.9. The maximum absolute atomic E-state index is 6.29. The van der Waals surface area contributed by atoms with Crippen LogP contribution in [0.4, 0.5) is 0 Å². The van der Waals surface area contributed by atoms with E-state index < -0.39 is 0 Å². The second-order valence-corrected chi connectivity index (χ2v) is 5.33. The van der Waals surface area contributed by atoms with Crippen LogP contribution in [0.15, 0.2) is 12.4 Å². The van der Waals surface area contributed by atoms with Crippen molar-refractivity contribution in [1.82, 2.24) is 9.78 Å². The molecule has 1 atom stereocenters. The van der Waals surface area contributed by atoms with Crippen molar-refractivity contribution in [2.45, 2.75) is 64.5 Å². The van der Waals surface area contributed by atoms with Gasteiger partial charge in [0.2, 0.25) is 0 Å². The fraction of sp³-hybridized carbons (Fsp3) is 0.786. The minimum Gasteiger partial charge on any atom is -0.324 e. The molecule has 1 fully saturated rings. The summed E-state index contributed by atoms with van der Waals surface area (Å²) in [6.45, 7) is 3.03. The number of hydrogen-bond acceptors (Lipinski definition) is 2. The number of nitrogens with two attached hydrogens (primary N) is 1. The summed E-state index contributed by atoms with van der Waals surface area (Å²) in [4.78, 5) is 0. The molecule has 1 aromatic heterocycles. The molecule has 3 nitrogen and oxygen atoms in total. The summed E-state index contributed by atoms with van der Waals surface area (Å²) in [5.74, 6) is 0.831. The molecule has 1 aromatic rings. The van der Waals surface area contributed by atoms with Gasteiger partial charge in [-0.3, -0.25) is 4.68 Å². The Kier molecular flexibility index (Phi) is 4.60. The van der Waals surface area contributed by atoms with Gasteiger partial charge in [0.15, 0.2) is 0 Å². The van der Waals surface area contributed by atoms with Crippen molar-refractivity contribution >= 4 is 0 Å². The Labute approximate surface area is 104 Å². The molecular formula is C14H25N3. The molecule has 2 N–H and O–H groups in total. The van der Waals surface area contributed by atoms with E-state index in [-0.39, 0.29) is 6.04 Å². The summed E-state index contributed by atoms with van der Waals surface area (Å²) >= 11 is 0. The molecule has 0 saturated heterocycles. The van der Waals surface area contributed by atoms with Crippen LogP contribution in [-0.4, -0.2) is 9.78 Å². The van der Waals surface area contributed by atoms with Crippen molar-refractivity contribution in [2.24, 2.45) is 11.7 Å². The van der Waals surface area contributed by atoms with Crippen LogP contribution < -0.4 is 5.73 Å². The first-order valence-corrected chi connectivity index (χ1v) is 7.07. The predicted octanol–water partition coefficient (Wildman–Crippen LogP) is 3.26. The summed E-state index contributed by atoms with van der Waals surface area (Å²) in [6, 6.07) is 0.179. The Balaban J connectivity index is 1.88. The molecular weight excluding hydrogens is 210 g/mol. The number of nitrogens with zero attached hydrogens (tertiary/aromatic N) is 2.